The summed E-state index contributed by atoms with van der Waals surface area (Å²) in [6, 6.07) is 3.51. The summed E-state index contributed by atoms with van der Waals surface area (Å²) in [6.45, 7) is 0. The van der Waals surface area contributed by atoms with Crippen LogP contribution in [0.4, 0.5) is 0 Å². The van der Waals surface area contributed by atoms with Crippen molar-refractivity contribution in [3.05, 3.63) is 22.4 Å². The molecule has 0 aliphatic carbocycles. The average Bonchev–Trinajstić information content (AvgIpc) is 2.56. The number of thiophene rings is 1. The fourth-order valence-electron chi connectivity index (χ4n) is 0.759. The lowest BCUT2D eigenvalue weighted by atomic mass is 10.2. The number of rotatable bonds is 3. The SMILES string of the molecule is CNC(=O)CC(=O)c1cccs1. The van der Waals surface area contributed by atoms with Crippen molar-refractivity contribution in [1.82, 2.24) is 5.32 Å². The number of hydrogen-bond acceptors (Lipinski definition) is 3. The lowest BCUT2D eigenvalue weighted by Crippen LogP contribution is -2.20. The van der Waals surface area contributed by atoms with Crippen LogP contribution in [-0.2, 0) is 4.79 Å². The molecule has 0 spiro atoms. The molecule has 3 nitrogen and oxygen atoms in total. The number of carbonyl (C=O) groups excluding carboxylic acids is 2. The monoisotopic (exact) mass is 183 g/mol. The summed E-state index contributed by atoms with van der Waals surface area (Å²) < 4.78 is 0. The van der Waals surface area contributed by atoms with E-state index in [9.17, 15) is 9.59 Å². The smallest absolute Gasteiger partial charge is 0.227 e. The van der Waals surface area contributed by atoms with Gasteiger partial charge in [0, 0.05) is 7.05 Å². The van der Waals surface area contributed by atoms with Crippen LogP contribution in [0.3, 0.4) is 0 Å². The Morgan fingerprint density at radius 2 is 2.33 bits per heavy atom. The van der Waals surface area contributed by atoms with Crippen LogP contribution in [0.2, 0.25) is 0 Å². The van der Waals surface area contributed by atoms with Crippen molar-refractivity contribution >= 4 is 23.0 Å². The van der Waals surface area contributed by atoms with Crippen molar-refractivity contribution in [2.45, 2.75) is 6.42 Å². The van der Waals surface area contributed by atoms with Gasteiger partial charge in [-0.05, 0) is 11.4 Å². The fourth-order valence-corrected chi connectivity index (χ4v) is 1.42. The van der Waals surface area contributed by atoms with E-state index in [1.54, 1.807) is 12.1 Å². The standard InChI is InChI=1S/C8H9NO2S/c1-9-8(11)5-6(10)7-3-2-4-12-7/h2-4H,5H2,1H3,(H,9,11). The quantitative estimate of drug-likeness (QED) is 0.562. The van der Waals surface area contributed by atoms with Crippen LogP contribution in [0.25, 0.3) is 0 Å². The van der Waals surface area contributed by atoms with Crippen LogP contribution in [0.5, 0.6) is 0 Å². The van der Waals surface area contributed by atoms with Crippen LogP contribution in [0, 0.1) is 0 Å². The van der Waals surface area contributed by atoms with Gasteiger partial charge in [-0.1, -0.05) is 6.07 Å². The minimum absolute atomic E-state index is 0.0585. The van der Waals surface area contributed by atoms with E-state index >= 15 is 0 Å². The molecule has 4 heteroatoms. The highest BCUT2D eigenvalue weighted by Gasteiger charge is 2.10. The lowest BCUT2D eigenvalue weighted by molar-refractivity contribution is -0.119. The van der Waals surface area contributed by atoms with E-state index in [-0.39, 0.29) is 18.1 Å². The average molecular weight is 183 g/mol. The summed E-state index contributed by atoms with van der Waals surface area (Å²) in [4.78, 5) is 22.7. The van der Waals surface area contributed by atoms with Gasteiger partial charge in [0.2, 0.25) is 5.91 Å². The Morgan fingerprint density at radius 3 is 2.83 bits per heavy atom. The predicted molar refractivity (Wildman–Crippen MR) is 47.3 cm³/mol. The molecule has 0 bridgehead atoms. The van der Waals surface area contributed by atoms with Gasteiger partial charge in [0.25, 0.3) is 0 Å². The molecular formula is C8H9NO2S. The Hall–Kier alpha value is -1.16. The molecule has 1 aromatic rings. The molecule has 12 heavy (non-hydrogen) atoms. The molecule has 1 rings (SSSR count). The van der Waals surface area contributed by atoms with Gasteiger partial charge in [-0.25, -0.2) is 0 Å². The molecule has 1 heterocycles. The molecule has 0 saturated carbocycles. The van der Waals surface area contributed by atoms with Gasteiger partial charge in [-0.3, -0.25) is 9.59 Å². The first kappa shape index (κ1) is 8.93. The Morgan fingerprint density at radius 1 is 1.58 bits per heavy atom. The van der Waals surface area contributed by atoms with Crippen LogP contribution in [-0.4, -0.2) is 18.7 Å². The molecule has 1 aromatic heterocycles. The maximum atomic E-state index is 11.2. The van der Waals surface area contributed by atoms with E-state index in [1.807, 2.05) is 5.38 Å². The zero-order valence-electron chi connectivity index (χ0n) is 6.66. The molecule has 1 amide bonds. The van der Waals surface area contributed by atoms with E-state index in [1.165, 1.54) is 18.4 Å². The normalized spacial score (nSPS) is 9.42. The third-order valence-electron chi connectivity index (χ3n) is 1.40. The first-order valence-corrected chi connectivity index (χ1v) is 4.39. The summed E-state index contributed by atoms with van der Waals surface area (Å²) in [5, 5.41) is 4.22. The van der Waals surface area contributed by atoms with E-state index in [2.05, 4.69) is 5.32 Å². The van der Waals surface area contributed by atoms with Gasteiger partial charge in [0.15, 0.2) is 5.78 Å². The number of hydrogen-bond donors (Lipinski definition) is 1. The highest BCUT2D eigenvalue weighted by Crippen LogP contribution is 2.10. The lowest BCUT2D eigenvalue weighted by Gasteiger charge is -1.95. The van der Waals surface area contributed by atoms with Gasteiger partial charge >= 0.3 is 0 Å². The zero-order chi connectivity index (χ0) is 8.97. The fraction of sp³-hybridized carbons (Fsp3) is 0.250. The van der Waals surface area contributed by atoms with E-state index in [0.29, 0.717) is 4.88 Å². The number of nitrogens with one attached hydrogen (secondary N) is 1. The summed E-state index contributed by atoms with van der Waals surface area (Å²) in [6.07, 6.45) is -0.0585. The maximum absolute atomic E-state index is 11.2. The number of carbonyl (C=O) groups is 2. The molecule has 0 aliphatic heterocycles. The second kappa shape index (κ2) is 4.01. The Kier molecular flexibility index (Phi) is 2.99. The van der Waals surface area contributed by atoms with Crippen molar-refractivity contribution in [2.24, 2.45) is 0 Å². The highest BCUT2D eigenvalue weighted by atomic mass is 32.1. The summed E-state index contributed by atoms with van der Waals surface area (Å²) in [5.74, 6) is -0.363. The maximum Gasteiger partial charge on any atom is 0.227 e. The molecule has 0 fully saturated rings. The minimum atomic E-state index is -0.242. The molecular weight excluding hydrogens is 174 g/mol. The molecule has 0 atom stereocenters. The second-order valence-corrected chi connectivity index (χ2v) is 3.20. The summed E-state index contributed by atoms with van der Waals surface area (Å²) in [7, 11) is 1.52. The van der Waals surface area contributed by atoms with Gasteiger partial charge in [-0.15, -0.1) is 11.3 Å². The number of ketones is 1. The third-order valence-corrected chi connectivity index (χ3v) is 2.31. The molecule has 1 N–H and O–H groups in total. The summed E-state index contributed by atoms with van der Waals surface area (Å²) >= 11 is 1.35. The number of amides is 1. The summed E-state index contributed by atoms with van der Waals surface area (Å²) in [5.41, 5.74) is 0. The topological polar surface area (TPSA) is 46.2 Å². The number of Topliss-reactive ketones (excluding diaryl/α,β-unsaturated/α-hetero) is 1. The second-order valence-electron chi connectivity index (χ2n) is 2.25. The predicted octanol–water partition coefficient (Wildman–Crippen LogP) is 1.07. The first-order valence-electron chi connectivity index (χ1n) is 3.51. The Labute approximate surface area is 74.4 Å². The van der Waals surface area contributed by atoms with E-state index in [4.69, 9.17) is 0 Å². The Bertz CT molecular complexity index is 279. The Balaban J connectivity index is 2.56. The minimum Gasteiger partial charge on any atom is -0.359 e. The molecule has 0 radical (unpaired) electrons. The molecule has 0 saturated heterocycles. The van der Waals surface area contributed by atoms with Gasteiger partial charge in [0.1, 0.15) is 0 Å². The third kappa shape index (κ3) is 2.17. The van der Waals surface area contributed by atoms with Crippen LogP contribution in [0.1, 0.15) is 16.1 Å². The van der Waals surface area contributed by atoms with Crippen LogP contribution >= 0.6 is 11.3 Å². The molecule has 64 valence electrons. The van der Waals surface area contributed by atoms with Crippen LogP contribution < -0.4 is 5.32 Å². The van der Waals surface area contributed by atoms with Gasteiger partial charge in [0.05, 0.1) is 11.3 Å². The first-order chi connectivity index (χ1) is 5.74. The van der Waals surface area contributed by atoms with E-state index < -0.39 is 0 Å². The molecule has 0 unspecified atom stereocenters. The van der Waals surface area contributed by atoms with Crippen molar-refractivity contribution < 1.29 is 9.59 Å². The van der Waals surface area contributed by atoms with Crippen molar-refractivity contribution in [3.8, 4) is 0 Å². The van der Waals surface area contributed by atoms with Crippen molar-refractivity contribution in [2.75, 3.05) is 7.05 Å². The van der Waals surface area contributed by atoms with E-state index in [0.717, 1.165) is 0 Å². The van der Waals surface area contributed by atoms with Crippen molar-refractivity contribution in [1.29, 1.82) is 0 Å². The largest absolute Gasteiger partial charge is 0.359 e. The van der Waals surface area contributed by atoms with Crippen molar-refractivity contribution in [3.63, 3.8) is 0 Å². The van der Waals surface area contributed by atoms with Gasteiger partial charge in [-0.2, -0.15) is 0 Å². The molecule has 0 aromatic carbocycles. The zero-order valence-corrected chi connectivity index (χ0v) is 7.48. The van der Waals surface area contributed by atoms with Crippen LogP contribution in [0.15, 0.2) is 17.5 Å². The molecule has 0 aliphatic rings. The van der Waals surface area contributed by atoms with Gasteiger partial charge < -0.3 is 5.32 Å². The highest BCUT2D eigenvalue weighted by molar-refractivity contribution is 7.12.